The number of anilines is 1. The Bertz CT molecular complexity index is 467. The summed E-state index contributed by atoms with van der Waals surface area (Å²) in [7, 11) is 5.79. The Morgan fingerprint density at radius 3 is 2.62 bits per heavy atom. The molecule has 0 spiro atoms. The molecule has 5 nitrogen and oxygen atoms in total. The van der Waals surface area contributed by atoms with Crippen molar-refractivity contribution in [3.63, 3.8) is 0 Å². The van der Waals surface area contributed by atoms with Crippen LogP contribution in [0.5, 0.6) is 0 Å². The molecule has 0 aromatic carbocycles. The molecule has 21 heavy (non-hydrogen) atoms. The van der Waals surface area contributed by atoms with E-state index in [1.54, 1.807) is 19.3 Å². The summed E-state index contributed by atoms with van der Waals surface area (Å²) < 4.78 is 0.791. The number of amides is 1. The van der Waals surface area contributed by atoms with Crippen molar-refractivity contribution in [1.29, 1.82) is 0 Å². The first-order chi connectivity index (χ1) is 9.83. The minimum atomic E-state index is -0.0966. The molecule has 0 saturated heterocycles. The number of halogens is 1. The number of pyridine rings is 1. The molecule has 0 aliphatic rings. The zero-order valence-corrected chi connectivity index (χ0v) is 15.0. The zero-order valence-electron chi connectivity index (χ0n) is 13.4. The number of carbonyl (C=O) groups is 1. The number of aromatic nitrogens is 1. The van der Waals surface area contributed by atoms with Gasteiger partial charge in [0.1, 0.15) is 5.82 Å². The van der Waals surface area contributed by atoms with Crippen LogP contribution in [0.2, 0.25) is 0 Å². The molecule has 1 rings (SSSR count). The van der Waals surface area contributed by atoms with Crippen molar-refractivity contribution in [1.82, 2.24) is 15.2 Å². The minimum absolute atomic E-state index is 0.0966. The van der Waals surface area contributed by atoms with E-state index in [2.05, 4.69) is 50.3 Å². The van der Waals surface area contributed by atoms with Crippen LogP contribution < -0.4 is 10.6 Å². The van der Waals surface area contributed by atoms with Crippen LogP contribution in [0.25, 0.3) is 0 Å². The van der Waals surface area contributed by atoms with Crippen LogP contribution in [-0.4, -0.2) is 49.5 Å². The van der Waals surface area contributed by atoms with E-state index in [0.29, 0.717) is 17.3 Å². The normalized spacial score (nSPS) is 12.6. The van der Waals surface area contributed by atoms with Crippen LogP contribution in [0.15, 0.2) is 16.7 Å². The second-order valence-electron chi connectivity index (χ2n) is 5.86. The monoisotopic (exact) mass is 356 g/mol. The molecule has 6 heteroatoms. The summed E-state index contributed by atoms with van der Waals surface area (Å²) in [6.45, 7) is 5.14. The first-order valence-electron chi connectivity index (χ1n) is 7.12. The highest BCUT2D eigenvalue weighted by atomic mass is 79.9. The highest BCUT2D eigenvalue weighted by molar-refractivity contribution is 9.10. The van der Waals surface area contributed by atoms with Gasteiger partial charge in [0.05, 0.1) is 5.56 Å². The summed E-state index contributed by atoms with van der Waals surface area (Å²) in [4.78, 5) is 18.8. The first kappa shape index (κ1) is 17.9. The van der Waals surface area contributed by atoms with Gasteiger partial charge in [0.25, 0.3) is 5.91 Å². The van der Waals surface area contributed by atoms with E-state index < -0.39 is 0 Å². The Labute approximate surface area is 135 Å². The number of nitrogens with zero attached hydrogens (tertiary/aromatic N) is 2. The van der Waals surface area contributed by atoms with Crippen molar-refractivity contribution in [2.45, 2.75) is 26.3 Å². The van der Waals surface area contributed by atoms with Gasteiger partial charge in [-0.15, -0.1) is 0 Å². The molecule has 0 radical (unpaired) electrons. The van der Waals surface area contributed by atoms with Gasteiger partial charge in [-0.3, -0.25) is 4.79 Å². The fourth-order valence-electron chi connectivity index (χ4n) is 2.26. The molecular formula is C15H25BrN4O. The predicted molar refractivity (Wildman–Crippen MR) is 90.7 cm³/mol. The molecule has 0 aliphatic heterocycles. The van der Waals surface area contributed by atoms with Gasteiger partial charge in [-0.25, -0.2) is 4.98 Å². The fourth-order valence-corrected chi connectivity index (χ4v) is 2.59. The minimum Gasteiger partial charge on any atom is -0.372 e. The first-order valence-corrected chi connectivity index (χ1v) is 7.91. The van der Waals surface area contributed by atoms with Crippen LogP contribution in [-0.2, 0) is 0 Å². The maximum Gasteiger partial charge on any atom is 0.255 e. The van der Waals surface area contributed by atoms with E-state index in [1.165, 1.54) is 0 Å². The Morgan fingerprint density at radius 2 is 2.10 bits per heavy atom. The van der Waals surface area contributed by atoms with Crippen molar-refractivity contribution in [2.75, 3.05) is 33.0 Å². The van der Waals surface area contributed by atoms with E-state index in [0.717, 1.165) is 17.4 Å². The summed E-state index contributed by atoms with van der Waals surface area (Å²) >= 11 is 3.36. The van der Waals surface area contributed by atoms with Gasteiger partial charge in [-0.2, -0.15) is 0 Å². The van der Waals surface area contributed by atoms with E-state index in [9.17, 15) is 4.79 Å². The number of likely N-dealkylation sites (N-methyl/N-ethyl adjacent to an activating group) is 1. The molecule has 1 heterocycles. The predicted octanol–water partition coefficient (Wildman–Crippen LogP) is 2.59. The highest BCUT2D eigenvalue weighted by Crippen LogP contribution is 2.18. The summed E-state index contributed by atoms with van der Waals surface area (Å²) in [5.41, 5.74) is 0.555. The van der Waals surface area contributed by atoms with Crippen LogP contribution >= 0.6 is 15.9 Å². The second-order valence-corrected chi connectivity index (χ2v) is 6.78. The van der Waals surface area contributed by atoms with Gasteiger partial charge in [-0.1, -0.05) is 13.8 Å². The molecule has 118 valence electrons. The van der Waals surface area contributed by atoms with Crippen molar-refractivity contribution >= 4 is 27.7 Å². The van der Waals surface area contributed by atoms with E-state index >= 15 is 0 Å². The third kappa shape index (κ3) is 6.01. The molecule has 0 fully saturated rings. The van der Waals surface area contributed by atoms with Gasteiger partial charge in [0, 0.05) is 30.3 Å². The van der Waals surface area contributed by atoms with Gasteiger partial charge in [-0.05, 0) is 48.4 Å². The van der Waals surface area contributed by atoms with Crippen molar-refractivity contribution in [3.8, 4) is 0 Å². The Balaban J connectivity index is 2.88. The summed E-state index contributed by atoms with van der Waals surface area (Å²) in [5.74, 6) is 1.02. The lowest BCUT2D eigenvalue weighted by molar-refractivity contribution is 0.0925. The fraction of sp³-hybridized carbons (Fsp3) is 0.600. The summed E-state index contributed by atoms with van der Waals surface area (Å²) in [6, 6.07) is 1.91. The Morgan fingerprint density at radius 1 is 1.43 bits per heavy atom. The standard InChI is InChI=1S/C15H25BrN4O/c1-10(2)6-12(9-20(4)5)19-15(21)13-7-11(16)8-18-14(13)17-3/h7-8,10,12H,6,9H2,1-5H3,(H,17,18)(H,19,21). The topological polar surface area (TPSA) is 57.3 Å². The number of rotatable bonds is 7. The van der Waals surface area contributed by atoms with Gasteiger partial charge >= 0.3 is 0 Å². The Kier molecular flexibility index (Phi) is 7.11. The molecule has 0 bridgehead atoms. The van der Waals surface area contributed by atoms with Crippen LogP contribution in [0.3, 0.4) is 0 Å². The highest BCUT2D eigenvalue weighted by Gasteiger charge is 2.19. The molecule has 1 aromatic rings. The number of nitrogens with one attached hydrogen (secondary N) is 2. The number of carbonyl (C=O) groups excluding carboxylic acids is 1. The van der Waals surface area contributed by atoms with E-state index in [-0.39, 0.29) is 11.9 Å². The molecule has 0 aliphatic carbocycles. The third-order valence-electron chi connectivity index (χ3n) is 3.01. The van der Waals surface area contributed by atoms with Crippen molar-refractivity contribution < 1.29 is 4.79 Å². The van der Waals surface area contributed by atoms with Crippen LogP contribution in [0, 0.1) is 5.92 Å². The lowest BCUT2D eigenvalue weighted by Crippen LogP contribution is -2.42. The smallest absolute Gasteiger partial charge is 0.255 e. The number of hydrogen-bond donors (Lipinski definition) is 2. The maximum absolute atomic E-state index is 12.5. The van der Waals surface area contributed by atoms with Crippen LogP contribution in [0.1, 0.15) is 30.6 Å². The van der Waals surface area contributed by atoms with Gasteiger partial charge < -0.3 is 15.5 Å². The van der Waals surface area contributed by atoms with E-state index in [4.69, 9.17) is 0 Å². The molecule has 2 N–H and O–H groups in total. The molecule has 1 amide bonds. The average molecular weight is 357 g/mol. The van der Waals surface area contributed by atoms with Gasteiger partial charge in [0.2, 0.25) is 0 Å². The van der Waals surface area contributed by atoms with Crippen molar-refractivity contribution in [2.24, 2.45) is 5.92 Å². The average Bonchev–Trinajstić information content (AvgIpc) is 2.36. The largest absolute Gasteiger partial charge is 0.372 e. The van der Waals surface area contributed by atoms with Gasteiger partial charge in [0.15, 0.2) is 0 Å². The molecule has 0 saturated carbocycles. The van der Waals surface area contributed by atoms with Crippen molar-refractivity contribution in [3.05, 3.63) is 22.3 Å². The molecular weight excluding hydrogens is 332 g/mol. The summed E-state index contributed by atoms with van der Waals surface area (Å²) in [5, 5.41) is 6.07. The SMILES string of the molecule is CNc1ncc(Br)cc1C(=O)NC(CC(C)C)CN(C)C. The molecule has 1 aromatic heterocycles. The lowest BCUT2D eigenvalue weighted by atomic mass is 10.0. The number of hydrogen-bond acceptors (Lipinski definition) is 4. The second kappa shape index (κ2) is 8.34. The molecule has 1 atom stereocenters. The maximum atomic E-state index is 12.5. The quantitative estimate of drug-likeness (QED) is 0.788. The van der Waals surface area contributed by atoms with E-state index in [1.807, 2.05) is 14.1 Å². The third-order valence-corrected chi connectivity index (χ3v) is 3.45. The summed E-state index contributed by atoms with van der Waals surface area (Å²) in [6.07, 6.45) is 2.62. The lowest BCUT2D eigenvalue weighted by Gasteiger charge is -2.24. The molecule has 1 unspecified atom stereocenters. The van der Waals surface area contributed by atoms with Crippen LogP contribution in [0.4, 0.5) is 5.82 Å². The Hall–Kier alpha value is -1.14. The zero-order chi connectivity index (χ0) is 16.0.